The van der Waals surface area contributed by atoms with Gasteiger partial charge in [0.2, 0.25) is 0 Å². The first kappa shape index (κ1) is 23.2. The first-order valence-electron chi connectivity index (χ1n) is 11.5. The van der Waals surface area contributed by atoms with Crippen LogP contribution in [0.15, 0.2) is 82.0 Å². The molecule has 0 saturated carbocycles. The first-order chi connectivity index (χ1) is 17.4. The van der Waals surface area contributed by atoms with Gasteiger partial charge < -0.3 is 24.1 Å². The Balaban J connectivity index is 1.36. The zero-order valence-corrected chi connectivity index (χ0v) is 19.8. The van der Waals surface area contributed by atoms with Crippen LogP contribution in [0.25, 0.3) is 11.0 Å². The Morgan fingerprint density at radius 2 is 1.81 bits per heavy atom. The number of hydrogen-bond acceptors (Lipinski definition) is 6. The maximum Gasteiger partial charge on any atom is 0.349 e. The van der Waals surface area contributed by atoms with Crippen molar-refractivity contribution in [1.82, 2.24) is 0 Å². The number of benzene rings is 3. The number of hydrogen-bond donors (Lipinski definition) is 1. The first-order valence-corrected chi connectivity index (χ1v) is 11.5. The molecule has 0 radical (unpaired) electrons. The highest BCUT2D eigenvalue weighted by molar-refractivity contribution is 6.06. The zero-order valence-electron chi connectivity index (χ0n) is 19.8. The van der Waals surface area contributed by atoms with Crippen LogP contribution in [0.3, 0.4) is 0 Å². The monoisotopic (exact) mass is 484 g/mol. The van der Waals surface area contributed by atoms with Crippen LogP contribution in [0.1, 0.15) is 22.8 Å². The van der Waals surface area contributed by atoms with E-state index in [-0.39, 0.29) is 18.1 Å². The molecule has 1 aromatic heterocycles. The molecule has 8 nitrogen and oxygen atoms in total. The summed E-state index contributed by atoms with van der Waals surface area (Å²) in [5.74, 6) is 0.402. The van der Waals surface area contributed by atoms with E-state index in [1.807, 2.05) is 31.2 Å². The minimum Gasteiger partial charge on any atom is -0.492 e. The van der Waals surface area contributed by atoms with Gasteiger partial charge in [0.25, 0.3) is 11.8 Å². The minimum absolute atomic E-state index is 0.115. The molecule has 0 spiro atoms. The van der Waals surface area contributed by atoms with Gasteiger partial charge in [-0.1, -0.05) is 35.9 Å². The summed E-state index contributed by atoms with van der Waals surface area (Å²) in [4.78, 5) is 39.7. The van der Waals surface area contributed by atoms with Crippen LogP contribution in [0, 0.1) is 6.92 Å². The molecule has 8 heteroatoms. The van der Waals surface area contributed by atoms with Crippen LogP contribution in [0.5, 0.6) is 11.5 Å². The highest BCUT2D eigenvalue weighted by Gasteiger charge is 2.31. The average Bonchev–Trinajstić information content (AvgIpc) is 2.87. The fraction of sp³-hybridized carbons (Fsp3) is 0.179. The lowest BCUT2D eigenvalue weighted by molar-refractivity contribution is -0.125. The molecule has 3 aromatic carbocycles. The topological polar surface area (TPSA) is 98.1 Å². The maximum atomic E-state index is 12.9. The van der Waals surface area contributed by atoms with Crippen LogP contribution in [-0.4, -0.2) is 31.1 Å². The van der Waals surface area contributed by atoms with Gasteiger partial charge in [0.15, 0.2) is 6.10 Å². The van der Waals surface area contributed by atoms with Crippen molar-refractivity contribution in [3.8, 4) is 11.5 Å². The zero-order chi connectivity index (χ0) is 25.2. The summed E-state index contributed by atoms with van der Waals surface area (Å²) in [6.45, 7) is 4.25. The number of carbonyl (C=O) groups excluding carboxylic acids is 2. The fourth-order valence-electron chi connectivity index (χ4n) is 4.02. The second kappa shape index (κ2) is 9.58. The number of nitrogens with one attached hydrogen (secondary N) is 1. The summed E-state index contributed by atoms with van der Waals surface area (Å²) in [5, 5.41) is 3.36. The van der Waals surface area contributed by atoms with E-state index in [1.165, 1.54) is 6.07 Å². The van der Waals surface area contributed by atoms with Crippen molar-refractivity contribution < 1.29 is 23.5 Å². The van der Waals surface area contributed by atoms with E-state index >= 15 is 0 Å². The second-order valence-corrected chi connectivity index (χ2v) is 8.53. The molecule has 1 unspecified atom stereocenters. The van der Waals surface area contributed by atoms with E-state index in [9.17, 15) is 14.4 Å². The average molecular weight is 485 g/mol. The van der Waals surface area contributed by atoms with E-state index < -0.39 is 17.6 Å². The molecule has 0 saturated heterocycles. The van der Waals surface area contributed by atoms with Crippen molar-refractivity contribution in [2.45, 2.75) is 20.0 Å². The van der Waals surface area contributed by atoms with Gasteiger partial charge >= 0.3 is 5.63 Å². The van der Waals surface area contributed by atoms with Crippen molar-refractivity contribution in [2.75, 3.05) is 23.4 Å². The van der Waals surface area contributed by atoms with Crippen LogP contribution in [0.4, 0.5) is 11.4 Å². The number of nitrogens with zero attached hydrogens (tertiary/aromatic N) is 1. The number of amides is 2. The maximum absolute atomic E-state index is 12.9. The Morgan fingerprint density at radius 3 is 2.61 bits per heavy atom. The third-order valence-electron chi connectivity index (χ3n) is 5.92. The lowest BCUT2D eigenvalue weighted by atomic mass is 10.1. The summed E-state index contributed by atoms with van der Waals surface area (Å²) in [5.41, 5.74) is 1.60. The van der Waals surface area contributed by atoms with Gasteiger partial charge in [-0.25, -0.2) is 4.79 Å². The van der Waals surface area contributed by atoms with Gasteiger partial charge in [-0.15, -0.1) is 0 Å². The van der Waals surface area contributed by atoms with E-state index in [2.05, 4.69) is 5.32 Å². The largest absolute Gasteiger partial charge is 0.492 e. The number of rotatable bonds is 6. The molecule has 1 N–H and O–H groups in total. The number of anilines is 2. The van der Waals surface area contributed by atoms with Crippen LogP contribution < -0.4 is 25.3 Å². The molecule has 1 aliphatic rings. The van der Waals surface area contributed by atoms with Crippen LogP contribution >= 0.6 is 0 Å². The molecule has 4 aromatic rings. The van der Waals surface area contributed by atoms with Gasteiger partial charge in [-0.05, 0) is 56.3 Å². The molecule has 0 aliphatic carbocycles. The van der Waals surface area contributed by atoms with Gasteiger partial charge in [0.05, 0.1) is 12.2 Å². The van der Waals surface area contributed by atoms with Gasteiger partial charge in [0.1, 0.15) is 29.3 Å². The third-order valence-corrected chi connectivity index (χ3v) is 5.92. The molecule has 1 aliphatic heterocycles. The van der Waals surface area contributed by atoms with Gasteiger partial charge in [-0.3, -0.25) is 9.59 Å². The number of aryl methyl sites for hydroxylation is 1. The molecular formula is C28H24N2O6. The highest BCUT2D eigenvalue weighted by atomic mass is 16.5. The normalized spacial score (nSPS) is 14.8. The third kappa shape index (κ3) is 4.65. The molecule has 5 rings (SSSR count). The molecule has 182 valence electrons. The number of ether oxygens (including phenoxy) is 2. The van der Waals surface area contributed by atoms with E-state index in [0.29, 0.717) is 40.4 Å². The summed E-state index contributed by atoms with van der Waals surface area (Å²) in [6.07, 6.45) is -0.653. The second-order valence-electron chi connectivity index (χ2n) is 8.53. The lowest BCUT2D eigenvalue weighted by Crippen LogP contribution is -2.46. The van der Waals surface area contributed by atoms with Crippen molar-refractivity contribution in [2.24, 2.45) is 0 Å². The van der Waals surface area contributed by atoms with Gasteiger partial charge in [0, 0.05) is 11.1 Å². The van der Waals surface area contributed by atoms with Crippen LogP contribution in [-0.2, 0) is 4.79 Å². The standard InChI is InChI=1S/C28H24N2O6/c1-17-7-10-21(11-8-17)34-14-13-30-23-16-20(9-12-25(23)35-18(2)27(30)32)29-26(31)22-15-19-5-3-4-6-24(19)36-28(22)33/h3-12,15-16,18H,13-14H2,1-2H3,(H,29,31). The quantitative estimate of drug-likeness (QED) is 0.404. The molecule has 2 heterocycles. The minimum atomic E-state index is -0.730. The Hall–Kier alpha value is -4.59. The number of para-hydroxylation sites is 1. The van der Waals surface area contributed by atoms with E-state index in [4.69, 9.17) is 13.9 Å². The van der Waals surface area contributed by atoms with Crippen molar-refractivity contribution in [1.29, 1.82) is 0 Å². The van der Waals surface area contributed by atoms with E-state index in [1.54, 1.807) is 54.3 Å². The molecular weight excluding hydrogens is 460 g/mol. The van der Waals surface area contributed by atoms with Crippen molar-refractivity contribution >= 4 is 34.2 Å². The molecule has 36 heavy (non-hydrogen) atoms. The Kier molecular flexibility index (Phi) is 6.16. The Labute approximate surface area is 207 Å². The molecule has 0 bridgehead atoms. The van der Waals surface area contributed by atoms with Crippen molar-refractivity contribution in [3.05, 3.63) is 94.3 Å². The molecule has 1 atom stereocenters. The van der Waals surface area contributed by atoms with Crippen molar-refractivity contribution in [3.63, 3.8) is 0 Å². The summed E-state index contributed by atoms with van der Waals surface area (Å²) < 4.78 is 16.8. The fourth-order valence-corrected chi connectivity index (χ4v) is 4.02. The summed E-state index contributed by atoms with van der Waals surface area (Å²) in [7, 11) is 0. The molecule has 0 fully saturated rings. The lowest BCUT2D eigenvalue weighted by Gasteiger charge is -2.33. The Bertz CT molecular complexity index is 1510. The SMILES string of the molecule is Cc1ccc(OCCN2C(=O)C(C)Oc3ccc(NC(=O)c4cc5ccccc5oc4=O)cc32)cc1. The van der Waals surface area contributed by atoms with Crippen LogP contribution in [0.2, 0.25) is 0 Å². The smallest absolute Gasteiger partial charge is 0.349 e. The predicted octanol–water partition coefficient (Wildman–Crippen LogP) is 4.55. The Morgan fingerprint density at radius 1 is 1.03 bits per heavy atom. The summed E-state index contributed by atoms with van der Waals surface area (Å²) >= 11 is 0. The summed E-state index contributed by atoms with van der Waals surface area (Å²) in [6, 6.07) is 21.1. The number of carbonyl (C=O) groups is 2. The van der Waals surface area contributed by atoms with Gasteiger partial charge in [-0.2, -0.15) is 0 Å². The molecule has 2 amide bonds. The predicted molar refractivity (Wildman–Crippen MR) is 136 cm³/mol. The highest BCUT2D eigenvalue weighted by Crippen LogP contribution is 2.36. The van der Waals surface area contributed by atoms with E-state index in [0.717, 1.165) is 5.56 Å². The number of fused-ring (bicyclic) bond motifs is 2.